The highest BCUT2D eigenvalue weighted by Crippen LogP contribution is 1.86. The molecule has 0 spiro atoms. The van der Waals surface area contributed by atoms with Gasteiger partial charge in [-0.25, -0.2) is 0 Å². The van der Waals surface area contributed by atoms with Gasteiger partial charge in [-0.1, -0.05) is 12.2 Å². The zero-order valence-electron chi connectivity index (χ0n) is 6.48. The van der Waals surface area contributed by atoms with E-state index < -0.39 is 0 Å². The third-order valence-corrected chi connectivity index (χ3v) is 1.01. The molecule has 0 aromatic heterocycles. The van der Waals surface area contributed by atoms with Crippen molar-refractivity contribution < 1.29 is 10.4 Å². The van der Waals surface area contributed by atoms with Gasteiger partial charge in [0, 0.05) is 13.1 Å². The molecule has 0 aliphatic heterocycles. The molecule has 0 amide bonds. The predicted octanol–water partition coefficient (Wildman–Crippen LogP) is 0.698. The Morgan fingerprint density at radius 3 is 1.64 bits per heavy atom. The lowest BCUT2D eigenvalue weighted by molar-refractivity contribution is -0.194. The summed E-state index contributed by atoms with van der Waals surface area (Å²) in [5.41, 5.74) is 0. The smallest absolute Gasteiger partial charge is 0.100 e. The minimum absolute atomic E-state index is 0.0675. The zero-order chi connectivity index (χ0) is 8.69. The lowest BCUT2D eigenvalue weighted by Crippen LogP contribution is -2.33. The van der Waals surface area contributed by atoms with Gasteiger partial charge in [-0.05, 0) is 0 Å². The van der Waals surface area contributed by atoms with E-state index in [1.54, 1.807) is 12.2 Å². The van der Waals surface area contributed by atoms with E-state index in [4.69, 9.17) is 10.4 Å². The van der Waals surface area contributed by atoms with E-state index in [0.717, 1.165) is 10.1 Å². The third kappa shape index (κ3) is 5.75. The van der Waals surface area contributed by atoms with E-state index in [1.807, 2.05) is 0 Å². The van der Waals surface area contributed by atoms with Gasteiger partial charge in [0.15, 0.2) is 0 Å². The normalized spacial score (nSPS) is 10.5. The van der Waals surface area contributed by atoms with Crippen molar-refractivity contribution in [2.24, 2.45) is 0 Å². The second kappa shape index (κ2) is 6.06. The SMILES string of the molecule is C=CCN(O)CN(O)CC=C. The summed E-state index contributed by atoms with van der Waals surface area (Å²) in [6, 6.07) is 0. The van der Waals surface area contributed by atoms with Crippen LogP contribution in [-0.4, -0.2) is 40.3 Å². The fraction of sp³-hybridized carbons (Fsp3) is 0.429. The van der Waals surface area contributed by atoms with E-state index in [9.17, 15) is 0 Å². The second-order valence-electron chi connectivity index (χ2n) is 2.10. The molecule has 64 valence electrons. The van der Waals surface area contributed by atoms with Crippen molar-refractivity contribution in [2.75, 3.05) is 19.8 Å². The molecule has 0 aromatic rings. The molecule has 0 unspecified atom stereocenters. The van der Waals surface area contributed by atoms with Crippen LogP contribution in [0, 0.1) is 0 Å². The van der Waals surface area contributed by atoms with Crippen molar-refractivity contribution in [3.63, 3.8) is 0 Å². The maximum Gasteiger partial charge on any atom is 0.100 e. The van der Waals surface area contributed by atoms with Crippen molar-refractivity contribution in [1.82, 2.24) is 10.1 Å². The molecule has 0 heterocycles. The van der Waals surface area contributed by atoms with Gasteiger partial charge >= 0.3 is 0 Å². The molecular formula is C7H14N2O2. The van der Waals surface area contributed by atoms with Crippen LogP contribution in [0.2, 0.25) is 0 Å². The third-order valence-electron chi connectivity index (χ3n) is 1.01. The molecule has 0 bridgehead atoms. The highest BCUT2D eigenvalue weighted by atomic mass is 16.5. The summed E-state index contributed by atoms with van der Waals surface area (Å²) in [7, 11) is 0. The Morgan fingerprint density at radius 2 is 1.36 bits per heavy atom. The van der Waals surface area contributed by atoms with Crippen LogP contribution < -0.4 is 0 Å². The number of hydroxylamine groups is 4. The lowest BCUT2D eigenvalue weighted by Gasteiger charge is -2.18. The number of hydrogen-bond acceptors (Lipinski definition) is 4. The highest BCUT2D eigenvalue weighted by molar-refractivity contribution is 4.70. The molecule has 0 saturated heterocycles. The lowest BCUT2D eigenvalue weighted by atomic mass is 10.6. The Hall–Kier alpha value is -0.680. The number of hydrogen-bond donors (Lipinski definition) is 2. The van der Waals surface area contributed by atoms with Crippen molar-refractivity contribution in [3.8, 4) is 0 Å². The van der Waals surface area contributed by atoms with Gasteiger partial charge < -0.3 is 10.4 Å². The van der Waals surface area contributed by atoms with Gasteiger partial charge in [-0.2, -0.15) is 10.1 Å². The van der Waals surface area contributed by atoms with E-state index in [0.29, 0.717) is 13.1 Å². The molecule has 0 rings (SSSR count). The summed E-state index contributed by atoms with van der Waals surface area (Å²) in [6.07, 6.45) is 3.09. The fourth-order valence-electron chi connectivity index (χ4n) is 0.602. The molecule has 4 nitrogen and oxygen atoms in total. The molecule has 11 heavy (non-hydrogen) atoms. The Labute approximate surface area is 66.6 Å². The standard InChI is InChI=1S/C7H14N2O2/c1-3-5-8(10)7-9(11)6-4-2/h3-4,10-11H,1-2,5-7H2. The summed E-state index contributed by atoms with van der Waals surface area (Å²) in [4.78, 5) is 0. The fourth-order valence-corrected chi connectivity index (χ4v) is 0.602. The van der Waals surface area contributed by atoms with Crippen molar-refractivity contribution >= 4 is 0 Å². The maximum absolute atomic E-state index is 8.97. The summed E-state index contributed by atoms with van der Waals surface area (Å²) < 4.78 is 0. The van der Waals surface area contributed by atoms with Gasteiger partial charge in [0.25, 0.3) is 0 Å². The van der Waals surface area contributed by atoms with Crippen molar-refractivity contribution in [1.29, 1.82) is 0 Å². The zero-order valence-corrected chi connectivity index (χ0v) is 6.48. The topological polar surface area (TPSA) is 46.9 Å². The highest BCUT2D eigenvalue weighted by Gasteiger charge is 2.01. The van der Waals surface area contributed by atoms with Crippen LogP contribution in [0.4, 0.5) is 0 Å². The van der Waals surface area contributed by atoms with Gasteiger partial charge in [0.1, 0.15) is 6.67 Å². The van der Waals surface area contributed by atoms with E-state index in [1.165, 1.54) is 0 Å². The Morgan fingerprint density at radius 1 is 1.00 bits per heavy atom. The van der Waals surface area contributed by atoms with Crippen molar-refractivity contribution in [2.45, 2.75) is 0 Å². The molecule has 0 saturated carbocycles. The van der Waals surface area contributed by atoms with Crippen LogP contribution in [0.5, 0.6) is 0 Å². The van der Waals surface area contributed by atoms with Crippen LogP contribution >= 0.6 is 0 Å². The first-order valence-electron chi connectivity index (χ1n) is 3.30. The van der Waals surface area contributed by atoms with E-state index in [-0.39, 0.29) is 6.67 Å². The van der Waals surface area contributed by atoms with Gasteiger partial charge in [0.2, 0.25) is 0 Å². The Bertz CT molecular complexity index is 114. The molecule has 0 atom stereocenters. The molecule has 4 heteroatoms. The van der Waals surface area contributed by atoms with Gasteiger partial charge in [-0.3, -0.25) is 0 Å². The quantitative estimate of drug-likeness (QED) is 0.339. The molecule has 0 aliphatic carbocycles. The summed E-state index contributed by atoms with van der Waals surface area (Å²) in [5.74, 6) is 0. The van der Waals surface area contributed by atoms with Gasteiger partial charge in [-0.15, -0.1) is 13.2 Å². The molecule has 2 N–H and O–H groups in total. The minimum atomic E-state index is 0.0675. The summed E-state index contributed by atoms with van der Waals surface area (Å²) in [5, 5.41) is 19.8. The first-order chi connectivity index (χ1) is 5.20. The Kier molecular flexibility index (Phi) is 5.68. The average Bonchev–Trinajstić information content (AvgIpc) is 1.87. The number of rotatable bonds is 6. The Balaban J connectivity index is 3.46. The number of nitrogens with zero attached hydrogens (tertiary/aromatic N) is 2. The average molecular weight is 158 g/mol. The van der Waals surface area contributed by atoms with Gasteiger partial charge in [0.05, 0.1) is 0 Å². The largest absolute Gasteiger partial charge is 0.312 e. The minimum Gasteiger partial charge on any atom is -0.312 e. The molecule has 0 fully saturated rings. The first-order valence-corrected chi connectivity index (χ1v) is 3.30. The maximum atomic E-state index is 8.97. The predicted molar refractivity (Wildman–Crippen MR) is 42.2 cm³/mol. The monoisotopic (exact) mass is 158 g/mol. The van der Waals surface area contributed by atoms with Crippen LogP contribution in [0.25, 0.3) is 0 Å². The molecular weight excluding hydrogens is 144 g/mol. The summed E-state index contributed by atoms with van der Waals surface area (Å²) in [6.45, 7) is 7.59. The summed E-state index contributed by atoms with van der Waals surface area (Å²) >= 11 is 0. The first kappa shape index (κ1) is 10.3. The molecule has 0 aliphatic rings. The van der Waals surface area contributed by atoms with Crippen molar-refractivity contribution in [3.05, 3.63) is 25.3 Å². The van der Waals surface area contributed by atoms with Crippen LogP contribution in [0.1, 0.15) is 0 Å². The second-order valence-corrected chi connectivity index (χ2v) is 2.10. The molecule has 0 aromatic carbocycles. The molecule has 0 radical (unpaired) electrons. The van der Waals surface area contributed by atoms with E-state index in [2.05, 4.69) is 13.2 Å². The van der Waals surface area contributed by atoms with Crippen LogP contribution in [-0.2, 0) is 0 Å². The van der Waals surface area contributed by atoms with Crippen LogP contribution in [0.3, 0.4) is 0 Å². The van der Waals surface area contributed by atoms with Crippen LogP contribution in [0.15, 0.2) is 25.3 Å². The van der Waals surface area contributed by atoms with E-state index >= 15 is 0 Å².